The van der Waals surface area contributed by atoms with Crippen molar-refractivity contribution in [3.63, 3.8) is 0 Å². The van der Waals surface area contributed by atoms with Gasteiger partial charge in [-0.25, -0.2) is 0 Å². The van der Waals surface area contributed by atoms with E-state index in [2.05, 4.69) is 0 Å². The van der Waals surface area contributed by atoms with Crippen LogP contribution < -0.4 is 0 Å². The van der Waals surface area contributed by atoms with Crippen molar-refractivity contribution in [2.75, 3.05) is 0 Å². The maximum absolute atomic E-state index is 10.7. The number of aliphatic hydroxyl groups is 1. The molecular weight excluding hydrogens is 172 g/mol. The number of carbonyl (C=O) groups excluding carboxylic acids is 1. The van der Waals surface area contributed by atoms with Crippen molar-refractivity contribution in [1.82, 2.24) is 0 Å². The molecular formula is C9H10O2S. The highest BCUT2D eigenvalue weighted by Gasteiger charge is 1.97. The topological polar surface area (TPSA) is 37.3 Å². The van der Waals surface area contributed by atoms with Crippen molar-refractivity contribution in [3.05, 3.63) is 29.8 Å². The highest BCUT2D eigenvalue weighted by molar-refractivity contribution is 8.13. The van der Waals surface area contributed by atoms with Crippen LogP contribution in [-0.2, 0) is 11.4 Å². The molecule has 12 heavy (non-hydrogen) atoms. The molecule has 1 rings (SSSR count). The van der Waals surface area contributed by atoms with E-state index in [4.69, 9.17) is 5.11 Å². The van der Waals surface area contributed by atoms with Crippen molar-refractivity contribution in [2.45, 2.75) is 18.4 Å². The molecule has 0 aliphatic heterocycles. The summed E-state index contributed by atoms with van der Waals surface area (Å²) < 4.78 is 0. The number of benzene rings is 1. The van der Waals surface area contributed by atoms with E-state index in [1.165, 1.54) is 18.7 Å². The Hall–Kier alpha value is -0.800. The minimum Gasteiger partial charge on any atom is -0.392 e. The third kappa shape index (κ3) is 2.68. The van der Waals surface area contributed by atoms with Gasteiger partial charge in [-0.1, -0.05) is 23.9 Å². The summed E-state index contributed by atoms with van der Waals surface area (Å²) in [6.07, 6.45) is 0. The van der Waals surface area contributed by atoms with Crippen LogP contribution in [0.1, 0.15) is 12.5 Å². The standard InChI is InChI=1S/C9H10O2S/c1-7(11)12-9-4-2-8(6-10)3-5-9/h2-5,10H,6H2,1H3. The Kier molecular flexibility index (Phi) is 3.31. The van der Waals surface area contributed by atoms with Crippen LogP contribution in [0.4, 0.5) is 0 Å². The van der Waals surface area contributed by atoms with Crippen LogP contribution in [0, 0.1) is 0 Å². The SMILES string of the molecule is CC(=O)Sc1ccc(CO)cc1. The Balaban J connectivity index is 2.71. The summed E-state index contributed by atoms with van der Waals surface area (Å²) in [5.41, 5.74) is 0.864. The van der Waals surface area contributed by atoms with Gasteiger partial charge in [-0.15, -0.1) is 0 Å². The number of carbonyl (C=O) groups is 1. The Bertz CT molecular complexity index is 266. The molecule has 0 heterocycles. The summed E-state index contributed by atoms with van der Waals surface area (Å²) in [6, 6.07) is 7.28. The van der Waals surface area contributed by atoms with Crippen molar-refractivity contribution in [2.24, 2.45) is 0 Å². The Labute approximate surface area is 75.6 Å². The summed E-state index contributed by atoms with van der Waals surface area (Å²) in [5, 5.41) is 8.81. The first-order valence-corrected chi connectivity index (χ1v) is 4.42. The molecule has 0 radical (unpaired) electrons. The average molecular weight is 182 g/mol. The molecule has 1 N–H and O–H groups in total. The second-order valence-electron chi connectivity index (χ2n) is 2.40. The molecule has 0 saturated carbocycles. The first kappa shape index (κ1) is 9.29. The molecule has 0 atom stereocenters. The van der Waals surface area contributed by atoms with Crippen LogP contribution in [-0.4, -0.2) is 10.2 Å². The molecule has 0 saturated heterocycles. The molecule has 3 heteroatoms. The highest BCUT2D eigenvalue weighted by Crippen LogP contribution is 2.18. The molecule has 0 aliphatic rings. The third-order valence-electron chi connectivity index (χ3n) is 1.37. The van der Waals surface area contributed by atoms with Gasteiger partial charge in [0.05, 0.1) is 6.61 Å². The van der Waals surface area contributed by atoms with E-state index in [0.29, 0.717) is 0 Å². The zero-order chi connectivity index (χ0) is 8.97. The van der Waals surface area contributed by atoms with Crippen LogP contribution in [0.2, 0.25) is 0 Å². The first-order chi connectivity index (χ1) is 5.72. The number of thioether (sulfide) groups is 1. The van der Waals surface area contributed by atoms with Gasteiger partial charge >= 0.3 is 0 Å². The maximum atomic E-state index is 10.7. The van der Waals surface area contributed by atoms with Gasteiger partial charge in [-0.3, -0.25) is 4.79 Å². The normalized spacial score (nSPS) is 9.83. The molecule has 0 amide bonds. The van der Waals surface area contributed by atoms with Crippen LogP contribution in [0.25, 0.3) is 0 Å². The molecule has 64 valence electrons. The van der Waals surface area contributed by atoms with E-state index in [1.54, 1.807) is 0 Å². The van der Waals surface area contributed by atoms with Crippen LogP contribution >= 0.6 is 11.8 Å². The minimum atomic E-state index is 0.0466. The molecule has 0 fully saturated rings. The molecule has 0 aromatic heterocycles. The molecule has 0 spiro atoms. The molecule has 2 nitrogen and oxygen atoms in total. The van der Waals surface area contributed by atoms with Gasteiger partial charge in [0.1, 0.15) is 0 Å². The van der Waals surface area contributed by atoms with Gasteiger partial charge < -0.3 is 5.11 Å². The van der Waals surface area contributed by atoms with Crippen molar-refractivity contribution >= 4 is 16.9 Å². The lowest BCUT2D eigenvalue weighted by Crippen LogP contribution is -1.84. The second kappa shape index (κ2) is 4.28. The molecule has 0 unspecified atom stereocenters. The number of aliphatic hydroxyl groups excluding tert-OH is 1. The number of rotatable bonds is 2. The van der Waals surface area contributed by atoms with E-state index in [1.807, 2.05) is 24.3 Å². The molecule has 1 aromatic rings. The average Bonchev–Trinajstić information content (AvgIpc) is 2.05. The fraction of sp³-hybridized carbons (Fsp3) is 0.222. The van der Waals surface area contributed by atoms with Gasteiger partial charge in [-0.05, 0) is 17.7 Å². The molecule has 0 bridgehead atoms. The van der Waals surface area contributed by atoms with Gasteiger partial charge in [0.15, 0.2) is 5.12 Å². The lowest BCUT2D eigenvalue weighted by atomic mass is 10.2. The smallest absolute Gasteiger partial charge is 0.190 e. The Morgan fingerprint density at radius 3 is 2.42 bits per heavy atom. The third-order valence-corrected chi connectivity index (χ3v) is 2.16. The van der Waals surface area contributed by atoms with Crippen molar-refractivity contribution in [3.8, 4) is 0 Å². The van der Waals surface area contributed by atoms with Crippen LogP contribution in [0.5, 0.6) is 0 Å². The van der Waals surface area contributed by atoms with Gasteiger partial charge in [0, 0.05) is 11.8 Å². The van der Waals surface area contributed by atoms with Crippen molar-refractivity contribution < 1.29 is 9.90 Å². The molecule has 1 aromatic carbocycles. The monoisotopic (exact) mass is 182 g/mol. The number of hydrogen-bond donors (Lipinski definition) is 1. The van der Waals surface area contributed by atoms with E-state index in [9.17, 15) is 4.79 Å². The second-order valence-corrected chi connectivity index (χ2v) is 3.65. The first-order valence-electron chi connectivity index (χ1n) is 3.60. The lowest BCUT2D eigenvalue weighted by Gasteiger charge is -1.98. The summed E-state index contributed by atoms with van der Waals surface area (Å²) in [4.78, 5) is 11.6. The quantitative estimate of drug-likeness (QED) is 0.709. The highest BCUT2D eigenvalue weighted by atomic mass is 32.2. The fourth-order valence-corrected chi connectivity index (χ4v) is 1.43. The van der Waals surface area contributed by atoms with E-state index in [0.717, 1.165) is 10.5 Å². The largest absolute Gasteiger partial charge is 0.392 e. The summed E-state index contributed by atoms with van der Waals surface area (Å²) in [7, 11) is 0. The van der Waals surface area contributed by atoms with Gasteiger partial charge in [0.25, 0.3) is 0 Å². The molecule has 0 aliphatic carbocycles. The van der Waals surface area contributed by atoms with E-state index >= 15 is 0 Å². The lowest BCUT2D eigenvalue weighted by molar-refractivity contribution is -0.109. The predicted molar refractivity (Wildman–Crippen MR) is 48.9 cm³/mol. The van der Waals surface area contributed by atoms with Gasteiger partial charge in [-0.2, -0.15) is 0 Å². The van der Waals surface area contributed by atoms with E-state index in [-0.39, 0.29) is 11.7 Å². The van der Waals surface area contributed by atoms with Crippen LogP contribution in [0.3, 0.4) is 0 Å². The number of hydrogen-bond acceptors (Lipinski definition) is 3. The predicted octanol–water partition coefficient (Wildman–Crippen LogP) is 1.82. The zero-order valence-electron chi connectivity index (χ0n) is 6.78. The van der Waals surface area contributed by atoms with Gasteiger partial charge in [0.2, 0.25) is 0 Å². The van der Waals surface area contributed by atoms with Crippen molar-refractivity contribution in [1.29, 1.82) is 0 Å². The Morgan fingerprint density at radius 1 is 1.42 bits per heavy atom. The van der Waals surface area contributed by atoms with E-state index < -0.39 is 0 Å². The summed E-state index contributed by atoms with van der Waals surface area (Å²) in [6.45, 7) is 1.58. The minimum absolute atomic E-state index is 0.0466. The zero-order valence-corrected chi connectivity index (χ0v) is 7.60. The van der Waals surface area contributed by atoms with Crippen LogP contribution in [0.15, 0.2) is 29.2 Å². The summed E-state index contributed by atoms with van der Waals surface area (Å²) >= 11 is 1.20. The summed E-state index contributed by atoms with van der Waals surface area (Å²) in [5.74, 6) is 0. The fourth-order valence-electron chi connectivity index (χ4n) is 0.829. The maximum Gasteiger partial charge on any atom is 0.190 e. The Morgan fingerprint density at radius 2 is 2.00 bits per heavy atom.